The van der Waals surface area contributed by atoms with E-state index in [9.17, 15) is 9.59 Å². The molecule has 2 amide bonds. The molecule has 0 bridgehead atoms. The molecule has 0 fully saturated rings. The summed E-state index contributed by atoms with van der Waals surface area (Å²) in [5, 5.41) is 2.94. The van der Waals surface area contributed by atoms with Gasteiger partial charge in [-0.25, -0.2) is 0 Å². The minimum Gasteiger partial charge on any atom is -0.491 e. The molecular weight excluding hydrogens is 352 g/mol. The van der Waals surface area contributed by atoms with Crippen LogP contribution in [-0.4, -0.2) is 24.5 Å². The number of fused-ring (bicyclic) bond motifs is 1. The van der Waals surface area contributed by atoms with Gasteiger partial charge in [0.2, 0.25) is 5.91 Å². The number of nitrogens with zero attached hydrogens (tertiary/aromatic N) is 1. The first-order valence-corrected chi connectivity index (χ1v) is 9.87. The van der Waals surface area contributed by atoms with Gasteiger partial charge in [0.05, 0.1) is 6.10 Å². The molecule has 0 saturated carbocycles. The van der Waals surface area contributed by atoms with E-state index in [-0.39, 0.29) is 23.8 Å². The first-order chi connectivity index (χ1) is 13.3. The van der Waals surface area contributed by atoms with E-state index < -0.39 is 0 Å². The lowest BCUT2D eigenvalue weighted by atomic mass is 9.99. The van der Waals surface area contributed by atoms with Crippen LogP contribution in [0, 0.1) is 5.92 Å². The SMILES string of the molecule is CC(C)Oc1ccc(C(=O)Nc2ccc3c(c2)N(C(=O)C(C)C)CCC3)cc1. The maximum Gasteiger partial charge on any atom is 0.255 e. The molecule has 0 aliphatic carbocycles. The monoisotopic (exact) mass is 380 g/mol. The number of carbonyl (C=O) groups excluding carboxylic acids is 2. The average Bonchev–Trinajstić information content (AvgIpc) is 2.67. The van der Waals surface area contributed by atoms with E-state index in [1.165, 1.54) is 0 Å². The Bertz CT molecular complexity index is 857. The maximum atomic E-state index is 12.6. The van der Waals surface area contributed by atoms with Gasteiger partial charge in [-0.3, -0.25) is 9.59 Å². The van der Waals surface area contributed by atoms with Crippen molar-refractivity contribution >= 4 is 23.2 Å². The third kappa shape index (κ3) is 4.53. The van der Waals surface area contributed by atoms with Gasteiger partial charge in [-0.15, -0.1) is 0 Å². The number of nitrogens with one attached hydrogen (secondary N) is 1. The molecule has 5 heteroatoms. The zero-order valence-electron chi connectivity index (χ0n) is 17.0. The Morgan fingerprint density at radius 2 is 1.75 bits per heavy atom. The van der Waals surface area contributed by atoms with Crippen LogP contribution in [0.3, 0.4) is 0 Å². The van der Waals surface area contributed by atoms with Crippen LogP contribution < -0.4 is 15.0 Å². The van der Waals surface area contributed by atoms with Crippen LogP contribution in [0.5, 0.6) is 5.75 Å². The molecule has 5 nitrogen and oxygen atoms in total. The highest BCUT2D eigenvalue weighted by molar-refractivity contribution is 6.05. The van der Waals surface area contributed by atoms with Gasteiger partial charge in [0.1, 0.15) is 5.75 Å². The Labute approximate surface area is 166 Å². The Balaban J connectivity index is 1.77. The van der Waals surface area contributed by atoms with Crippen molar-refractivity contribution in [1.82, 2.24) is 0 Å². The molecule has 28 heavy (non-hydrogen) atoms. The van der Waals surface area contributed by atoms with E-state index in [1.807, 2.05) is 50.8 Å². The van der Waals surface area contributed by atoms with Crippen molar-refractivity contribution in [3.05, 3.63) is 53.6 Å². The molecule has 0 unspecified atom stereocenters. The fraction of sp³-hybridized carbons (Fsp3) is 0.391. The molecular formula is C23H28N2O3. The van der Waals surface area contributed by atoms with Crippen LogP contribution in [0.2, 0.25) is 0 Å². The summed E-state index contributed by atoms with van der Waals surface area (Å²) >= 11 is 0. The zero-order chi connectivity index (χ0) is 20.3. The standard InChI is InChI=1S/C23H28N2O3/c1-15(2)23(27)25-13-5-6-17-7-10-19(14-21(17)25)24-22(26)18-8-11-20(12-9-18)28-16(3)4/h7-12,14-16H,5-6,13H2,1-4H3,(H,24,26). The summed E-state index contributed by atoms with van der Waals surface area (Å²) in [7, 11) is 0. The van der Waals surface area contributed by atoms with Crippen LogP contribution in [0.1, 0.15) is 50.0 Å². The Hall–Kier alpha value is -2.82. The van der Waals surface area contributed by atoms with Gasteiger partial charge >= 0.3 is 0 Å². The second-order valence-electron chi connectivity index (χ2n) is 7.74. The van der Waals surface area contributed by atoms with E-state index in [0.29, 0.717) is 11.3 Å². The minimum absolute atomic E-state index is 0.0595. The summed E-state index contributed by atoms with van der Waals surface area (Å²) in [5.41, 5.74) is 3.30. The molecule has 1 aliphatic rings. The zero-order valence-corrected chi connectivity index (χ0v) is 17.0. The maximum absolute atomic E-state index is 12.6. The van der Waals surface area contributed by atoms with Crippen molar-refractivity contribution in [3.8, 4) is 5.75 Å². The smallest absolute Gasteiger partial charge is 0.255 e. The first kappa shape index (κ1) is 19.9. The van der Waals surface area contributed by atoms with Crippen molar-refractivity contribution in [2.24, 2.45) is 5.92 Å². The molecule has 0 spiro atoms. The summed E-state index contributed by atoms with van der Waals surface area (Å²) in [4.78, 5) is 27.0. The van der Waals surface area contributed by atoms with Gasteiger partial charge in [-0.1, -0.05) is 19.9 Å². The Kier molecular flexibility index (Phi) is 6.02. The third-order valence-corrected chi connectivity index (χ3v) is 4.71. The first-order valence-electron chi connectivity index (χ1n) is 9.87. The van der Waals surface area contributed by atoms with Crippen LogP contribution >= 0.6 is 0 Å². The van der Waals surface area contributed by atoms with Gasteiger partial charge in [0.25, 0.3) is 5.91 Å². The molecule has 0 saturated heterocycles. The number of anilines is 2. The summed E-state index contributed by atoms with van der Waals surface area (Å²) in [6.45, 7) is 8.47. The lowest BCUT2D eigenvalue weighted by Gasteiger charge is -2.31. The van der Waals surface area contributed by atoms with Crippen molar-refractivity contribution in [2.75, 3.05) is 16.8 Å². The molecule has 1 aliphatic heterocycles. The van der Waals surface area contributed by atoms with Crippen molar-refractivity contribution in [1.29, 1.82) is 0 Å². The Morgan fingerprint density at radius 1 is 1.04 bits per heavy atom. The van der Waals surface area contributed by atoms with Crippen LogP contribution in [0.25, 0.3) is 0 Å². The highest BCUT2D eigenvalue weighted by Crippen LogP contribution is 2.31. The molecule has 1 N–H and O–H groups in total. The molecule has 148 valence electrons. The summed E-state index contributed by atoms with van der Waals surface area (Å²) < 4.78 is 5.61. The van der Waals surface area contributed by atoms with Crippen LogP contribution in [0.15, 0.2) is 42.5 Å². The topological polar surface area (TPSA) is 58.6 Å². The molecule has 1 heterocycles. The number of hydrogen-bond donors (Lipinski definition) is 1. The third-order valence-electron chi connectivity index (χ3n) is 4.71. The number of carbonyl (C=O) groups is 2. The van der Waals surface area contributed by atoms with Crippen LogP contribution in [-0.2, 0) is 11.2 Å². The van der Waals surface area contributed by atoms with E-state index in [1.54, 1.807) is 24.3 Å². The molecule has 0 aromatic heterocycles. The molecule has 0 radical (unpaired) electrons. The second-order valence-corrected chi connectivity index (χ2v) is 7.74. The largest absolute Gasteiger partial charge is 0.491 e. The number of ether oxygens (including phenoxy) is 1. The van der Waals surface area contributed by atoms with E-state index in [0.717, 1.165) is 36.4 Å². The summed E-state index contributed by atoms with van der Waals surface area (Å²) in [6.07, 6.45) is 2.00. The van der Waals surface area contributed by atoms with E-state index >= 15 is 0 Å². The van der Waals surface area contributed by atoms with Gasteiger partial charge in [-0.05, 0) is 68.7 Å². The second kappa shape index (κ2) is 8.46. The quantitative estimate of drug-likeness (QED) is 0.821. The number of aryl methyl sites for hydroxylation is 1. The van der Waals surface area contributed by atoms with E-state index in [2.05, 4.69) is 5.32 Å². The number of hydrogen-bond acceptors (Lipinski definition) is 3. The van der Waals surface area contributed by atoms with E-state index in [4.69, 9.17) is 4.74 Å². The molecule has 2 aromatic carbocycles. The van der Waals surface area contributed by atoms with Crippen molar-refractivity contribution < 1.29 is 14.3 Å². The van der Waals surface area contributed by atoms with Gasteiger partial charge in [0.15, 0.2) is 0 Å². The lowest BCUT2D eigenvalue weighted by Crippen LogP contribution is -2.38. The summed E-state index contributed by atoms with van der Waals surface area (Å²) in [5.74, 6) is 0.609. The average molecular weight is 380 g/mol. The number of rotatable bonds is 5. The highest BCUT2D eigenvalue weighted by Gasteiger charge is 2.24. The van der Waals surface area contributed by atoms with Gasteiger partial charge in [-0.2, -0.15) is 0 Å². The number of amides is 2. The summed E-state index contributed by atoms with van der Waals surface area (Å²) in [6, 6.07) is 12.9. The van der Waals surface area contributed by atoms with Crippen molar-refractivity contribution in [3.63, 3.8) is 0 Å². The fourth-order valence-electron chi connectivity index (χ4n) is 3.35. The lowest BCUT2D eigenvalue weighted by molar-refractivity contribution is -0.121. The van der Waals surface area contributed by atoms with Crippen molar-refractivity contribution in [2.45, 2.75) is 46.6 Å². The highest BCUT2D eigenvalue weighted by atomic mass is 16.5. The van der Waals surface area contributed by atoms with Gasteiger partial charge in [0, 0.05) is 29.4 Å². The normalized spacial score (nSPS) is 13.4. The predicted octanol–water partition coefficient (Wildman–Crippen LogP) is 4.66. The predicted molar refractivity (Wildman–Crippen MR) is 112 cm³/mol. The Morgan fingerprint density at radius 3 is 2.39 bits per heavy atom. The molecule has 0 atom stereocenters. The number of benzene rings is 2. The minimum atomic E-state index is -0.186. The van der Waals surface area contributed by atoms with Gasteiger partial charge < -0.3 is 15.0 Å². The van der Waals surface area contributed by atoms with Crippen LogP contribution in [0.4, 0.5) is 11.4 Å². The molecule has 2 aromatic rings. The molecule has 3 rings (SSSR count). The fourth-order valence-corrected chi connectivity index (χ4v) is 3.35.